The molecule has 14 heteroatoms. The number of carbonyl (C=O) groups excluding carboxylic acids is 3. The summed E-state index contributed by atoms with van der Waals surface area (Å²) in [6, 6.07) is 3.47. The predicted octanol–water partition coefficient (Wildman–Crippen LogP) is 5.76. The summed E-state index contributed by atoms with van der Waals surface area (Å²) < 4.78 is 113. The van der Waals surface area contributed by atoms with Crippen LogP contribution in [0.5, 0.6) is 0 Å². The summed E-state index contributed by atoms with van der Waals surface area (Å²) in [5.41, 5.74) is -4.58. The number of anilines is 1. The third kappa shape index (κ3) is 6.36. The van der Waals surface area contributed by atoms with E-state index in [2.05, 4.69) is 10.6 Å². The fraction of sp³-hybridized carbons (Fsp3) is 0.323. The first-order valence-corrected chi connectivity index (χ1v) is 13.8. The first kappa shape index (κ1) is 31.9. The van der Waals surface area contributed by atoms with Crippen LogP contribution >= 0.6 is 0 Å². The minimum atomic E-state index is -5.15. The molecule has 1 aliphatic carbocycles. The molecule has 0 spiro atoms. The van der Waals surface area contributed by atoms with Crippen molar-refractivity contribution in [3.05, 3.63) is 99.9 Å². The summed E-state index contributed by atoms with van der Waals surface area (Å²) in [4.78, 5) is 41.4. The van der Waals surface area contributed by atoms with Gasteiger partial charge < -0.3 is 15.5 Å². The van der Waals surface area contributed by atoms with Gasteiger partial charge >= 0.3 is 6.18 Å². The quantitative estimate of drug-likeness (QED) is 0.255. The van der Waals surface area contributed by atoms with E-state index in [1.807, 2.05) is 0 Å². The van der Waals surface area contributed by atoms with E-state index in [0.717, 1.165) is 11.0 Å². The lowest BCUT2D eigenvalue weighted by molar-refractivity contribution is -0.138. The maximum absolute atomic E-state index is 15.0. The van der Waals surface area contributed by atoms with Crippen molar-refractivity contribution < 1.29 is 49.5 Å². The molecule has 0 radical (unpaired) electrons. The Morgan fingerprint density at radius 1 is 0.978 bits per heavy atom. The highest BCUT2D eigenvalue weighted by molar-refractivity contribution is 6.04. The molecule has 0 unspecified atom stereocenters. The predicted molar refractivity (Wildman–Crippen MR) is 144 cm³/mol. The SMILES string of the molecule is CC1(N2C(=O)[C@H](NC(=O)[C@@H](Cc3ccccc3F)NC(=O)c3ccc(F)cc3C(F)(F)F)CCc3c(F)c(F)cc(F)c32)CC1. The van der Waals surface area contributed by atoms with Crippen molar-refractivity contribution >= 4 is 23.4 Å². The standard InChI is InChI=1S/C31H25F8N3O3/c1-30(10-11-30)42-26-18(25(36)21(34)14-22(26)35)8-9-23(29(42)45)40-28(44)24(12-15-4-2-3-5-20(15)33)41-27(43)17-7-6-16(32)13-19(17)31(37,38)39/h2-7,13-14,23-24H,8-12H2,1H3,(H,40,44)(H,41,43)/t23-,24-/m1/s1. The molecule has 3 amide bonds. The molecule has 0 bridgehead atoms. The fourth-order valence-corrected chi connectivity index (χ4v) is 5.41. The highest BCUT2D eigenvalue weighted by Crippen LogP contribution is 2.47. The Balaban J connectivity index is 1.47. The zero-order valence-corrected chi connectivity index (χ0v) is 23.5. The van der Waals surface area contributed by atoms with E-state index in [1.54, 1.807) is 6.92 Å². The molecular formula is C31H25F8N3O3. The molecule has 1 aliphatic heterocycles. The minimum Gasteiger partial charge on any atom is -0.342 e. The van der Waals surface area contributed by atoms with Crippen molar-refractivity contribution in [3.8, 4) is 0 Å². The number of rotatable bonds is 7. The van der Waals surface area contributed by atoms with Crippen LogP contribution in [0.2, 0.25) is 0 Å². The van der Waals surface area contributed by atoms with E-state index in [1.165, 1.54) is 18.2 Å². The summed E-state index contributed by atoms with van der Waals surface area (Å²) >= 11 is 0. The molecular weight excluding hydrogens is 614 g/mol. The first-order chi connectivity index (χ1) is 21.1. The number of nitrogens with one attached hydrogen (secondary N) is 2. The van der Waals surface area contributed by atoms with E-state index in [9.17, 15) is 45.1 Å². The molecule has 0 aromatic heterocycles. The molecule has 5 rings (SSSR count). The number of fused-ring (bicyclic) bond motifs is 1. The topological polar surface area (TPSA) is 78.5 Å². The monoisotopic (exact) mass is 639 g/mol. The lowest BCUT2D eigenvalue weighted by Crippen LogP contribution is -2.56. The van der Waals surface area contributed by atoms with E-state index in [4.69, 9.17) is 0 Å². The summed E-state index contributed by atoms with van der Waals surface area (Å²) in [6.45, 7) is 1.60. The molecule has 238 valence electrons. The Bertz CT molecular complexity index is 1690. The Labute approximate surface area is 251 Å². The van der Waals surface area contributed by atoms with Gasteiger partial charge in [-0.25, -0.2) is 22.0 Å². The summed E-state index contributed by atoms with van der Waals surface area (Å²) in [7, 11) is 0. The molecule has 3 aromatic rings. The molecule has 1 fully saturated rings. The lowest BCUT2D eigenvalue weighted by atomic mass is 10.0. The lowest BCUT2D eigenvalue weighted by Gasteiger charge is -2.32. The van der Waals surface area contributed by atoms with Crippen LogP contribution in [0.1, 0.15) is 53.2 Å². The number of carbonyl (C=O) groups is 3. The van der Waals surface area contributed by atoms with Gasteiger partial charge in [0.2, 0.25) is 11.8 Å². The van der Waals surface area contributed by atoms with Crippen LogP contribution in [0.4, 0.5) is 40.8 Å². The molecule has 0 saturated heterocycles. The number of hydrogen-bond acceptors (Lipinski definition) is 3. The summed E-state index contributed by atoms with van der Waals surface area (Å²) in [5, 5.41) is 4.51. The maximum Gasteiger partial charge on any atom is 0.417 e. The highest BCUT2D eigenvalue weighted by atomic mass is 19.4. The maximum atomic E-state index is 15.0. The number of halogens is 8. The van der Waals surface area contributed by atoms with Crippen LogP contribution in [-0.4, -0.2) is 35.3 Å². The second-order valence-corrected chi connectivity index (χ2v) is 11.3. The molecule has 45 heavy (non-hydrogen) atoms. The van der Waals surface area contributed by atoms with Crippen molar-refractivity contribution in [3.63, 3.8) is 0 Å². The van der Waals surface area contributed by atoms with Gasteiger partial charge in [0.1, 0.15) is 29.5 Å². The second kappa shape index (κ2) is 11.8. The minimum absolute atomic E-state index is 0.108. The van der Waals surface area contributed by atoms with Gasteiger partial charge in [-0.3, -0.25) is 14.4 Å². The number of amides is 3. The number of nitrogens with zero attached hydrogens (tertiary/aromatic N) is 1. The van der Waals surface area contributed by atoms with Crippen molar-refractivity contribution in [1.29, 1.82) is 0 Å². The van der Waals surface area contributed by atoms with Crippen molar-refractivity contribution in [2.75, 3.05) is 4.90 Å². The van der Waals surface area contributed by atoms with Gasteiger partial charge in [-0.2, -0.15) is 13.2 Å². The fourth-order valence-electron chi connectivity index (χ4n) is 5.41. The van der Waals surface area contributed by atoms with E-state index in [-0.39, 0.29) is 24.5 Å². The van der Waals surface area contributed by atoms with Gasteiger partial charge in [0.05, 0.1) is 16.8 Å². The number of hydrogen-bond donors (Lipinski definition) is 2. The molecule has 3 aromatic carbocycles. The first-order valence-electron chi connectivity index (χ1n) is 13.8. The van der Waals surface area contributed by atoms with Gasteiger partial charge in [-0.05, 0) is 62.4 Å². The smallest absolute Gasteiger partial charge is 0.342 e. The Morgan fingerprint density at radius 3 is 2.31 bits per heavy atom. The third-order valence-electron chi connectivity index (χ3n) is 8.03. The molecule has 2 aliphatic rings. The normalized spacial score (nSPS) is 18.1. The van der Waals surface area contributed by atoms with Crippen molar-refractivity contribution in [2.24, 2.45) is 0 Å². The van der Waals surface area contributed by atoms with Crippen LogP contribution in [0.15, 0.2) is 48.5 Å². The summed E-state index contributed by atoms with van der Waals surface area (Å²) in [5.74, 6) is -9.50. The van der Waals surface area contributed by atoms with Gasteiger partial charge in [0.25, 0.3) is 5.91 Å². The second-order valence-electron chi connectivity index (χ2n) is 11.3. The van der Waals surface area contributed by atoms with Crippen LogP contribution in [0, 0.1) is 29.1 Å². The molecule has 6 nitrogen and oxygen atoms in total. The van der Waals surface area contributed by atoms with Crippen LogP contribution in [0.3, 0.4) is 0 Å². The molecule has 1 saturated carbocycles. The van der Waals surface area contributed by atoms with Gasteiger partial charge in [0.15, 0.2) is 11.6 Å². The molecule has 2 atom stereocenters. The van der Waals surface area contributed by atoms with Crippen LogP contribution in [-0.2, 0) is 28.6 Å². The largest absolute Gasteiger partial charge is 0.417 e. The van der Waals surface area contributed by atoms with Crippen LogP contribution < -0.4 is 15.5 Å². The Hall–Kier alpha value is -4.49. The Kier molecular flexibility index (Phi) is 8.36. The van der Waals surface area contributed by atoms with E-state index >= 15 is 4.39 Å². The van der Waals surface area contributed by atoms with Crippen LogP contribution in [0.25, 0.3) is 0 Å². The molecule has 1 heterocycles. The van der Waals surface area contributed by atoms with Gasteiger partial charge in [-0.15, -0.1) is 0 Å². The van der Waals surface area contributed by atoms with Crippen molar-refractivity contribution in [1.82, 2.24) is 10.6 Å². The number of alkyl halides is 3. The number of benzene rings is 3. The zero-order chi connectivity index (χ0) is 32.8. The highest BCUT2D eigenvalue weighted by Gasteiger charge is 2.51. The van der Waals surface area contributed by atoms with E-state index in [0.29, 0.717) is 31.0 Å². The Morgan fingerprint density at radius 2 is 1.67 bits per heavy atom. The van der Waals surface area contributed by atoms with Gasteiger partial charge in [-0.1, -0.05) is 18.2 Å². The summed E-state index contributed by atoms with van der Waals surface area (Å²) in [6.07, 6.45) is -5.66. The van der Waals surface area contributed by atoms with Gasteiger partial charge in [0, 0.05) is 23.6 Å². The average Bonchev–Trinajstić information content (AvgIpc) is 3.74. The average molecular weight is 640 g/mol. The van der Waals surface area contributed by atoms with E-state index < -0.39 is 99.4 Å². The zero-order valence-electron chi connectivity index (χ0n) is 23.5. The third-order valence-corrected chi connectivity index (χ3v) is 8.03. The van der Waals surface area contributed by atoms with Crippen molar-refractivity contribution in [2.45, 2.75) is 62.8 Å². The molecule has 2 N–H and O–H groups in total.